The van der Waals surface area contributed by atoms with E-state index >= 15 is 0 Å². The summed E-state index contributed by atoms with van der Waals surface area (Å²) in [6, 6.07) is 18.6. The lowest BCUT2D eigenvalue weighted by atomic mass is 10.2. The van der Waals surface area contributed by atoms with Crippen LogP contribution in [-0.4, -0.2) is 42.1 Å². The Morgan fingerprint density at radius 3 is 2.49 bits per heavy atom. The zero-order valence-electron chi connectivity index (χ0n) is 20.6. The lowest BCUT2D eigenvalue weighted by Gasteiger charge is -2.16. The number of thioether (sulfide) groups is 1. The van der Waals surface area contributed by atoms with Gasteiger partial charge in [0.05, 0.1) is 25.0 Å². The van der Waals surface area contributed by atoms with Crippen LogP contribution in [0.3, 0.4) is 0 Å². The maximum absolute atomic E-state index is 13.1. The van der Waals surface area contributed by atoms with Gasteiger partial charge in [-0.2, -0.15) is 0 Å². The molecule has 0 spiro atoms. The Hall–Kier alpha value is -4.18. The Labute approximate surface area is 218 Å². The molecule has 9 nitrogen and oxygen atoms in total. The number of carbonyl (C=O) groups excluding carboxylic acids is 1. The van der Waals surface area contributed by atoms with Crippen LogP contribution in [-0.2, 0) is 4.79 Å². The monoisotopic (exact) mass is 518 g/mol. The van der Waals surface area contributed by atoms with Crippen LogP contribution in [0.1, 0.15) is 13.3 Å². The summed E-state index contributed by atoms with van der Waals surface area (Å²) < 4.78 is 21.6. The normalized spacial score (nSPS) is 12.7. The molecule has 0 fully saturated rings. The van der Waals surface area contributed by atoms with E-state index in [-0.39, 0.29) is 12.7 Å². The predicted molar refractivity (Wildman–Crippen MR) is 143 cm³/mol. The summed E-state index contributed by atoms with van der Waals surface area (Å²) in [7, 11) is 3.21. The third-order valence-corrected chi connectivity index (χ3v) is 6.97. The summed E-state index contributed by atoms with van der Waals surface area (Å²) in [5, 5.41) is 7.27. The van der Waals surface area contributed by atoms with Crippen LogP contribution in [0, 0.1) is 0 Å². The second-order valence-electron chi connectivity index (χ2n) is 8.17. The fourth-order valence-corrected chi connectivity index (χ4v) is 4.75. The molecule has 0 aliphatic carbocycles. The maximum atomic E-state index is 13.1. The summed E-state index contributed by atoms with van der Waals surface area (Å²) in [5.74, 6) is 3.06. The third-order valence-electron chi connectivity index (χ3n) is 5.75. The van der Waals surface area contributed by atoms with E-state index in [1.165, 1.54) is 11.8 Å². The van der Waals surface area contributed by atoms with Gasteiger partial charge in [-0.15, -0.1) is 0 Å². The molecular weight excluding hydrogens is 492 g/mol. The molecule has 37 heavy (non-hydrogen) atoms. The van der Waals surface area contributed by atoms with Gasteiger partial charge < -0.3 is 29.6 Å². The van der Waals surface area contributed by atoms with E-state index < -0.39 is 5.25 Å². The van der Waals surface area contributed by atoms with E-state index in [0.717, 1.165) is 16.6 Å². The molecule has 1 aliphatic heterocycles. The van der Waals surface area contributed by atoms with Crippen LogP contribution in [0.25, 0.3) is 10.9 Å². The van der Waals surface area contributed by atoms with Gasteiger partial charge in [-0.1, -0.05) is 30.8 Å². The van der Waals surface area contributed by atoms with E-state index in [9.17, 15) is 4.79 Å². The van der Waals surface area contributed by atoms with Gasteiger partial charge in [0.15, 0.2) is 16.7 Å². The van der Waals surface area contributed by atoms with Gasteiger partial charge in [-0.3, -0.25) is 4.79 Å². The standard InChI is InChI=1S/C27H26N4O5S/c1-4-24(26(32)29-16-9-10-22-23(13-16)36-15-35-22)37-27-30-21-8-6-5-7-20(21)25(31-27)28-17-11-18(33-2)14-19(12-17)34-3/h5-14,24H,4,15H2,1-3H3,(H,29,32)(H,28,30,31). The fourth-order valence-electron chi connectivity index (χ4n) is 3.87. The number of ether oxygens (including phenoxy) is 4. The van der Waals surface area contributed by atoms with Crippen molar-refractivity contribution in [2.45, 2.75) is 23.8 Å². The molecule has 1 unspecified atom stereocenters. The highest BCUT2D eigenvalue weighted by molar-refractivity contribution is 8.00. The van der Waals surface area contributed by atoms with Crippen molar-refractivity contribution in [1.82, 2.24) is 9.97 Å². The van der Waals surface area contributed by atoms with E-state index in [4.69, 9.17) is 28.9 Å². The summed E-state index contributed by atoms with van der Waals surface area (Å²) in [4.78, 5) is 22.6. The van der Waals surface area contributed by atoms with Crippen LogP contribution in [0.15, 0.2) is 65.8 Å². The number of fused-ring (bicyclic) bond motifs is 2. The second-order valence-corrected chi connectivity index (χ2v) is 9.34. The number of para-hydroxylation sites is 1. The number of nitrogens with zero attached hydrogens (tertiary/aromatic N) is 2. The average Bonchev–Trinajstić information content (AvgIpc) is 3.39. The first-order valence-corrected chi connectivity index (χ1v) is 12.6. The van der Waals surface area contributed by atoms with Crippen LogP contribution >= 0.6 is 11.8 Å². The van der Waals surface area contributed by atoms with E-state index in [1.54, 1.807) is 38.5 Å². The fraction of sp³-hybridized carbons (Fsp3) is 0.222. The van der Waals surface area contributed by atoms with Gasteiger partial charge in [0.25, 0.3) is 0 Å². The van der Waals surface area contributed by atoms with Gasteiger partial charge in [0.2, 0.25) is 12.7 Å². The topological polar surface area (TPSA) is 104 Å². The number of aromatic nitrogens is 2. The summed E-state index contributed by atoms with van der Waals surface area (Å²) in [5.41, 5.74) is 2.16. The molecule has 2 heterocycles. The first kappa shape index (κ1) is 24.5. The minimum atomic E-state index is -0.406. The average molecular weight is 519 g/mol. The van der Waals surface area contributed by atoms with Crippen LogP contribution in [0.4, 0.5) is 17.2 Å². The molecule has 1 atom stereocenters. The molecule has 4 aromatic rings. The highest BCUT2D eigenvalue weighted by Crippen LogP contribution is 2.35. The Morgan fingerprint density at radius 1 is 0.973 bits per heavy atom. The van der Waals surface area contributed by atoms with Gasteiger partial charge in [0.1, 0.15) is 17.3 Å². The van der Waals surface area contributed by atoms with Crippen molar-refractivity contribution >= 4 is 45.8 Å². The summed E-state index contributed by atoms with van der Waals surface area (Å²) in [6.45, 7) is 2.14. The van der Waals surface area contributed by atoms with E-state index in [1.807, 2.05) is 43.3 Å². The lowest BCUT2D eigenvalue weighted by Crippen LogP contribution is -2.24. The van der Waals surface area contributed by atoms with Gasteiger partial charge in [-0.25, -0.2) is 9.97 Å². The number of rotatable bonds is 9. The number of nitrogens with one attached hydrogen (secondary N) is 2. The highest BCUT2D eigenvalue weighted by atomic mass is 32.2. The molecule has 10 heteroatoms. The van der Waals surface area contributed by atoms with Gasteiger partial charge in [0, 0.05) is 41.0 Å². The lowest BCUT2D eigenvalue weighted by molar-refractivity contribution is -0.115. The Bertz CT molecular complexity index is 1430. The van der Waals surface area contributed by atoms with Crippen LogP contribution in [0.2, 0.25) is 0 Å². The van der Waals surface area contributed by atoms with Gasteiger partial charge >= 0.3 is 0 Å². The largest absolute Gasteiger partial charge is 0.497 e. The molecule has 5 rings (SSSR count). The number of hydrogen-bond donors (Lipinski definition) is 2. The molecule has 0 bridgehead atoms. The molecular formula is C27H26N4O5S. The molecule has 3 aromatic carbocycles. The summed E-state index contributed by atoms with van der Waals surface area (Å²) in [6.07, 6.45) is 0.590. The number of anilines is 3. The molecule has 1 amide bonds. The Morgan fingerprint density at radius 2 is 1.73 bits per heavy atom. The smallest absolute Gasteiger partial charge is 0.237 e. The molecule has 0 saturated carbocycles. The van der Waals surface area contributed by atoms with Crippen molar-refractivity contribution < 1.29 is 23.7 Å². The minimum absolute atomic E-state index is 0.143. The quantitative estimate of drug-likeness (QED) is 0.215. The SMILES string of the molecule is CCC(Sc1nc(Nc2cc(OC)cc(OC)c2)c2ccccc2n1)C(=O)Nc1ccc2c(c1)OCO2. The minimum Gasteiger partial charge on any atom is -0.497 e. The van der Waals surface area contributed by atoms with E-state index in [0.29, 0.717) is 46.1 Å². The van der Waals surface area contributed by atoms with Crippen LogP contribution < -0.4 is 29.6 Å². The van der Waals surface area contributed by atoms with Crippen molar-refractivity contribution in [2.75, 3.05) is 31.6 Å². The van der Waals surface area contributed by atoms with Crippen molar-refractivity contribution in [2.24, 2.45) is 0 Å². The molecule has 190 valence electrons. The summed E-state index contributed by atoms with van der Waals surface area (Å²) >= 11 is 1.32. The number of methoxy groups -OCH3 is 2. The molecule has 0 saturated heterocycles. The zero-order chi connectivity index (χ0) is 25.8. The maximum Gasteiger partial charge on any atom is 0.237 e. The number of hydrogen-bond acceptors (Lipinski definition) is 9. The van der Waals surface area contributed by atoms with Crippen molar-refractivity contribution in [3.05, 3.63) is 60.7 Å². The first-order chi connectivity index (χ1) is 18.1. The van der Waals surface area contributed by atoms with Crippen molar-refractivity contribution in [1.29, 1.82) is 0 Å². The van der Waals surface area contributed by atoms with Crippen molar-refractivity contribution in [3.63, 3.8) is 0 Å². The molecule has 1 aromatic heterocycles. The highest BCUT2D eigenvalue weighted by Gasteiger charge is 2.22. The predicted octanol–water partition coefficient (Wildman–Crippen LogP) is 5.63. The Balaban J connectivity index is 1.40. The number of benzene rings is 3. The Kier molecular flexibility index (Phi) is 7.18. The first-order valence-electron chi connectivity index (χ1n) is 11.7. The third kappa shape index (κ3) is 5.49. The van der Waals surface area contributed by atoms with Gasteiger partial charge in [-0.05, 0) is 30.7 Å². The number of amides is 1. The van der Waals surface area contributed by atoms with Crippen molar-refractivity contribution in [3.8, 4) is 23.0 Å². The van der Waals surface area contributed by atoms with E-state index in [2.05, 4.69) is 10.6 Å². The second kappa shape index (κ2) is 10.8. The number of carbonyl (C=O) groups is 1. The molecule has 1 aliphatic rings. The van der Waals surface area contributed by atoms with Crippen LogP contribution in [0.5, 0.6) is 23.0 Å². The zero-order valence-corrected chi connectivity index (χ0v) is 21.4. The molecule has 2 N–H and O–H groups in total. The molecule has 0 radical (unpaired) electrons.